The van der Waals surface area contributed by atoms with Crippen molar-refractivity contribution in [1.82, 2.24) is 4.90 Å². The SMILES string of the molecule is CC.CCC.CCC1CCN(C(C(=O)O)C(C)C)C1.Fc1ccccc1. The van der Waals surface area contributed by atoms with E-state index in [9.17, 15) is 9.18 Å². The maximum Gasteiger partial charge on any atom is 0.321 e. The number of carbonyl (C=O) groups is 1. The summed E-state index contributed by atoms with van der Waals surface area (Å²) in [7, 11) is 0. The number of hydrogen-bond donors (Lipinski definition) is 1. The van der Waals surface area contributed by atoms with Crippen LogP contribution in [0, 0.1) is 17.7 Å². The van der Waals surface area contributed by atoms with E-state index in [-0.39, 0.29) is 17.8 Å². The topological polar surface area (TPSA) is 40.5 Å². The van der Waals surface area contributed by atoms with E-state index in [1.807, 2.05) is 27.7 Å². The van der Waals surface area contributed by atoms with Gasteiger partial charge in [-0.2, -0.15) is 0 Å². The van der Waals surface area contributed by atoms with Crippen LogP contribution in [0.15, 0.2) is 30.3 Å². The number of rotatable bonds is 4. The highest BCUT2D eigenvalue weighted by molar-refractivity contribution is 5.73. The molecule has 0 aromatic heterocycles. The molecule has 4 heteroatoms. The number of aliphatic carboxylic acids is 1. The average molecular weight is 370 g/mol. The second-order valence-corrected chi connectivity index (χ2v) is 6.59. The summed E-state index contributed by atoms with van der Waals surface area (Å²) in [5.74, 6) is 0.0537. The molecule has 1 saturated heterocycles. The highest BCUT2D eigenvalue weighted by Gasteiger charge is 2.33. The van der Waals surface area contributed by atoms with Crippen LogP contribution in [0.3, 0.4) is 0 Å². The van der Waals surface area contributed by atoms with E-state index in [4.69, 9.17) is 5.11 Å². The van der Waals surface area contributed by atoms with Crippen LogP contribution in [-0.2, 0) is 4.79 Å². The Balaban J connectivity index is 0. The van der Waals surface area contributed by atoms with E-state index in [0.29, 0.717) is 5.92 Å². The molecule has 1 aromatic rings. The number of likely N-dealkylation sites (tertiary alicyclic amines) is 1. The zero-order chi connectivity index (χ0) is 20.5. The number of hydrogen-bond acceptors (Lipinski definition) is 2. The van der Waals surface area contributed by atoms with Crippen molar-refractivity contribution in [2.45, 2.75) is 73.8 Å². The highest BCUT2D eigenvalue weighted by atomic mass is 19.1. The van der Waals surface area contributed by atoms with Gasteiger partial charge in [-0.05, 0) is 36.9 Å². The van der Waals surface area contributed by atoms with Gasteiger partial charge in [0.25, 0.3) is 0 Å². The molecular weight excluding hydrogens is 329 g/mol. The van der Waals surface area contributed by atoms with E-state index in [0.717, 1.165) is 19.5 Å². The Morgan fingerprint density at radius 3 is 1.96 bits per heavy atom. The van der Waals surface area contributed by atoms with Gasteiger partial charge in [0.05, 0.1) is 0 Å². The molecule has 2 rings (SSSR count). The lowest BCUT2D eigenvalue weighted by Crippen LogP contribution is -2.43. The summed E-state index contributed by atoms with van der Waals surface area (Å²) >= 11 is 0. The van der Waals surface area contributed by atoms with Crippen LogP contribution in [0.25, 0.3) is 0 Å². The lowest BCUT2D eigenvalue weighted by molar-refractivity contribution is -0.144. The van der Waals surface area contributed by atoms with Gasteiger partial charge in [-0.3, -0.25) is 9.69 Å². The molecule has 0 amide bonds. The van der Waals surface area contributed by atoms with Gasteiger partial charge in [-0.1, -0.05) is 79.5 Å². The molecule has 1 heterocycles. The molecule has 1 aliphatic heterocycles. The first-order valence-corrected chi connectivity index (χ1v) is 10.0. The zero-order valence-electron chi connectivity index (χ0n) is 17.8. The average Bonchev–Trinajstić information content (AvgIpc) is 3.06. The Morgan fingerprint density at radius 2 is 1.69 bits per heavy atom. The molecule has 1 aliphatic rings. The van der Waals surface area contributed by atoms with E-state index >= 15 is 0 Å². The molecule has 2 unspecified atom stereocenters. The van der Waals surface area contributed by atoms with Crippen LogP contribution in [0.4, 0.5) is 4.39 Å². The Morgan fingerprint density at radius 1 is 1.19 bits per heavy atom. The maximum atomic E-state index is 11.9. The second kappa shape index (κ2) is 17.0. The minimum atomic E-state index is -0.670. The van der Waals surface area contributed by atoms with Gasteiger partial charge >= 0.3 is 5.97 Å². The van der Waals surface area contributed by atoms with Crippen LogP contribution < -0.4 is 0 Å². The molecule has 0 saturated carbocycles. The number of halogens is 1. The summed E-state index contributed by atoms with van der Waals surface area (Å²) in [6, 6.07) is 7.65. The Hall–Kier alpha value is -1.42. The van der Waals surface area contributed by atoms with Gasteiger partial charge in [0.1, 0.15) is 11.9 Å². The van der Waals surface area contributed by atoms with E-state index < -0.39 is 5.97 Å². The van der Waals surface area contributed by atoms with Crippen molar-refractivity contribution < 1.29 is 14.3 Å². The molecule has 152 valence electrons. The molecule has 1 aromatic carbocycles. The highest BCUT2D eigenvalue weighted by Crippen LogP contribution is 2.24. The van der Waals surface area contributed by atoms with Crippen LogP contribution in [-0.4, -0.2) is 35.1 Å². The summed E-state index contributed by atoms with van der Waals surface area (Å²) in [5, 5.41) is 9.12. The molecule has 2 atom stereocenters. The number of carboxylic acid groups (broad SMARTS) is 1. The summed E-state index contributed by atoms with van der Waals surface area (Å²) in [6.45, 7) is 16.3. The lowest BCUT2D eigenvalue weighted by atomic mass is 10.0. The monoisotopic (exact) mass is 369 g/mol. The van der Waals surface area contributed by atoms with Gasteiger partial charge < -0.3 is 5.11 Å². The van der Waals surface area contributed by atoms with Gasteiger partial charge in [0.15, 0.2) is 0 Å². The van der Waals surface area contributed by atoms with Gasteiger partial charge in [0.2, 0.25) is 0 Å². The molecule has 0 bridgehead atoms. The minimum Gasteiger partial charge on any atom is -0.480 e. The predicted octanol–water partition coefficient (Wildman–Crippen LogP) is 6.10. The Bertz CT molecular complexity index is 437. The van der Waals surface area contributed by atoms with Crippen LogP contribution in [0.5, 0.6) is 0 Å². The molecule has 0 spiro atoms. The Labute approximate surface area is 160 Å². The fraction of sp³-hybridized carbons (Fsp3) is 0.682. The third-order valence-corrected chi connectivity index (χ3v) is 3.91. The molecule has 26 heavy (non-hydrogen) atoms. The van der Waals surface area contributed by atoms with E-state index in [1.165, 1.54) is 25.0 Å². The standard InChI is InChI=1S/C11H21NO2.C6H5F.C3H8.C2H6/c1-4-9-5-6-12(7-9)10(8(2)3)11(13)14;7-6-4-2-1-3-5-6;1-3-2;1-2/h8-10H,4-7H2,1-3H3,(H,13,14);1-5H;3H2,1-2H3;1-2H3. The lowest BCUT2D eigenvalue weighted by Gasteiger charge is -2.27. The fourth-order valence-electron chi connectivity index (χ4n) is 2.73. The van der Waals surface area contributed by atoms with E-state index in [2.05, 4.69) is 25.7 Å². The first-order valence-electron chi connectivity index (χ1n) is 10.0. The van der Waals surface area contributed by atoms with Crippen LogP contribution >= 0.6 is 0 Å². The molecular formula is C22H40FNO2. The maximum absolute atomic E-state index is 11.9. The third-order valence-electron chi connectivity index (χ3n) is 3.91. The van der Waals surface area contributed by atoms with Crippen molar-refractivity contribution in [2.75, 3.05) is 13.1 Å². The minimum absolute atomic E-state index is 0.178. The molecule has 0 aliphatic carbocycles. The third kappa shape index (κ3) is 12.0. The van der Waals surface area contributed by atoms with Crippen molar-refractivity contribution in [3.05, 3.63) is 36.1 Å². The quantitative estimate of drug-likeness (QED) is 0.697. The largest absolute Gasteiger partial charge is 0.480 e. The van der Waals surface area contributed by atoms with Gasteiger partial charge in [0, 0.05) is 6.54 Å². The fourth-order valence-corrected chi connectivity index (χ4v) is 2.73. The summed E-state index contributed by atoms with van der Waals surface area (Å²) in [6.07, 6.45) is 3.58. The van der Waals surface area contributed by atoms with Crippen molar-refractivity contribution >= 4 is 5.97 Å². The molecule has 1 N–H and O–H groups in total. The molecule has 3 nitrogen and oxygen atoms in total. The predicted molar refractivity (Wildman–Crippen MR) is 110 cm³/mol. The first-order chi connectivity index (χ1) is 12.4. The number of benzene rings is 1. The van der Waals surface area contributed by atoms with Crippen molar-refractivity contribution in [3.63, 3.8) is 0 Å². The van der Waals surface area contributed by atoms with Crippen LogP contribution in [0.2, 0.25) is 0 Å². The zero-order valence-corrected chi connectivity index (χ0v) is 17.8. The Kier molecular flexibility index (Phi) is 17.5. The van der Waals surface area contributed by atoms with Crippen LogP contribution in [0.1, 0.15) is 67.7 Å². The summed E-state index contributed by atoms with van der Waals surface area (Å²) < 4.78 is 11.9. The summed E-state index contributed by atoms with van der Waals surface area (Å²) in [5.41, 5.74) is 0. The number of carboxylic acids is 1. The summed E-state index contributed by atoms with van der Waals surface area (Å²) in [4.78, 5) is 13.2. The van der Waals surface area contributed by atoms with Crippen molar-refractivity contribution in [3.8, 4) is 0 Å². The van der Waals surface area contributed by atoms with Crippen molar-refractivity contribution in [2.24, 2.45) is 11.8 Å². The second-order valence-electron chi connectivity index (χ2n) is 6.59. The van der Waals surface area contributed by atoms with E-state index in [1.54, 1.807) is 18.2 Å². The smallest absolute Gasteiger partial charge is 0.321 e. The first kappa shape index (κ1) is 26.8. The number of nitrogens with zero attached hydrogens (tertiary/aromatic N) is 1. The normalized spacial score (nSPS) is 17.0. The molecule has 0 radical (unpaired) electrons. The molecule has 1 fully saturated rings. The van der Waals surface area contributed by atoms with Crippen molar-refractivity contribution in [1.29, 1.82) is 0 Å². The van der Waals surface area contributed by atoms with Gasteiger partial charge in [-0.15, -0.1) is 0 Å². The van der Waals surface area contributed by atoms with Gasteiger partial charge in [-0.25, -0.2) is 4.39 Å².